The maximum Gasteiger partial charge on any atom is 0.477 e. The molecule has 2 fully saturated rings. The summed E-state index contributed by atoms with van der Waals surface area (Å²) in [6, 6.07) is 22.1. The lowest BCUT2D eigenvalue weighted by atomic mass is 9.84. The van der Waals surface area contributed by atoms with E-state index in [2.05, 4.69) is 10.6 Å². The summed E-state index contributed by atoms with van der Waals surface area (Å²) in [6.07, 6.45) is -12.7. The van der Waals surface area contributed by atoms with Crippen LogP contribution in [0.25, 0.3) is 0 Å². The molecule has 0 aromatic heterocycles. The monoisotopic (exact) mass is 1090 g/mol. The number of ketones is 1. The van der Waals surface area contributed by atoms with Gasteiger partial charge in [0.05, 0.1) is 35.9 Å². The van der Waals surface area contributed by atoms with Crippen molar-refractivity contribution in [1.29, 1.82) is 0 Å². The van der Waals surface area contributed by atoms with Crippen LogP contribution in [0.5, 0.6) is 0 Å². The van der Waals surface area contributed by atoms with Crippen molar-refractivity contribution in [2.24, 2.45) is 5.92 Å². The molecule has 2 heterocycles. The Kier molecular flexibility index (Phi) is 22.6. The summed E-state index contributed by atoms with van der Waals surface area (Å²) in [4.78, 5) is 90.2. The summed E-state index contributed by atoms with van der Waals surface area (Å²) in [5, 5.41) is 5.08. The molecule has 3 unspecified atom stereocenters. The number of sulfone groups is 1. The number of ether oxygens (including phenoxy) is 8. The Bertz CT molecular complexity index is 2530. The van der Waals surface area contributed by atoms with E-state index in [9.17, 15) is 46.5 Å². The van der Waals surface area contributed by atoms with Gasteiger partial charge in [-0.25, -0.2) is 17.8 Å². The van der Waals surface area contributed by atoms with Crippen LogP contribution >= 0.6 is 7.82 Å². The molecule has 11 atom stereocenters. The molecular weight excluding hydrogens is 1030 g/mol. The second-order valence-electron chi connectivity index (χ2n) is 17.4. The molecule has 25 heteroatoms. The summed E-state index contributed by atoms with van der Waals surface area (Å²) < 4.78 is 105. The summed E-state index contributed by atoms with van der Waals surface area (Å²) in [5.74, 6) is -7.43. The van der Waals surface area contributed by atoms with Crippen molar-refractivity contribution in [3.05, 3.63) is 102 Å². The number of hydrogen-bond donors (Lipinski definition) is 2. The van der Waals surface area contributed by atoms with Crippen molar-refractivity contribution >= 4 is 59.1 Å². The van der Waals surface area contributed by atoms with E-state index >= 15 is 0 Å². The minimum Gasteiger partial charge on any atom is -0.463 e. The first-order valence-electron chi connectivity index (χ1n) is 23.8. The van der Waals surface area contributed by atoms with Gasteiger partial charge in [0, 0.05) is 34.1 Å². The van der Waals surface area contributed by atoms with Gasteiger partial charge in [-0.2, -0.15) is 0 Å². The molecule has 0 aliphatic carbocycles. The first kappa shape index (κ1) is 59.9. The van der Waals surface area contributed by atoms with Crippen LogP contribution < -0.4 is 10.6 Å². The summed E-state index contributed by atoms with van der Waals surface area (Å²) in [7, 11) is -8.48. The Morgan fingerprint density at radius 3 is 1.77 bits per heavy atom. The molecule has 2 amide bonds. The minimum atomic E-state index is -4.66. The molecule has 5 rings (SSSR count). The minimum absolute atomic E-state index is 0.0284. The van der Waals surface area contributed by atoms with Crippen LogP contribution in [0.3, 0.4) is 0 Å². The SMILES string of the molecule is CC(=O)NC1C(OC(C)=O)[C@H](C(C)=O)[C@@H](COC(C)=O)O[C@@H]1O[C@H]1C(COC(C)=O)O[C@@H](OP(=O)(OCc2ccccc2)OCc2ccccc2)C[C@H]1O[C@H](C)C(=O)N[C@@H](C)C(=O)OCCS(=O)(=O)c1ccccc1. The van der Waals surface area contributed by atoms with Crippen LogP contribution in [0.2, 0.25) is 0 Å². The van der Waals surface area contributed by atoms with Gasteiger partial charge in [-0.3, -0.25) is 42.3 Å². The van der Waals surface area contributed by atoms with Crippen LogP contribution in [0.1, 0.15) is 66.0 Å². The van der Waals surface area contributed by atoms with Gasteiger partial charge in [0.15, 0.2) is 22.4 Å². The fourth-order valence-corrected chi connectivity index (χ4v) is 10.2. The smallest absolute Gasteiger partial charge is 0.463 e. The standard InChI is InChI=1S/C50H63N2O21PS/c1-30(49(59)63-23-24-75(61,62)39-21-15-10-16-22-39)51-48(58)32(3)68-40-25-43(73-74(60,66-26-37-17-11-8-12-18-37)67-27-38-19-13-9-14-20-38)70-42(29-65-35(6)56)46(40)72-50-45(52-33(4)54)47(69-36(7)57)44(31(2)53)41(71-50)28-64-34(5)55/h8-22,30,32,40-47,50H,23-29H2,1-7H3,(H,51,58)(H,52,54)/t30-,32+,40+,41+,42?,43-,44+,45?,46+,47?,50+/m0/s1. The number of rotatable bonds is 26. The van der Waals surface area contributed by atoms with Crippen molar-refractivity contribution in [2.75, 3.05) is 25.6 Å². The molecule has 0 bridgehead atoms. The molecule has 0 saturated carbocycles. The fraction of sp³-hybridized carbons (Fsp3) is 0.500. The number of carbonyl (C=O) groups excluding carboxylic acids is 7. The van der Waals surface area contributed by atoms with E-state index in [1.807, 2.05) is 0 Å². The molecule has 2 N–H and O–H groups in total. The number of nitrogens with one attached hydrogen (secondary N) is 2. The molecule has 3 aromatic carbocycles. The van der Waals surface area contributed by atoms with Crippen LogP contribution in [0.15, 0.2) is 95.9 Å². The number of amides is 2. The number of hydrogen-bond acceptors (Lipinski definition) is 21. The second kappa shape index (κ2) is 28.3. The van der Waals surface area contributed by atoms with Crippen molar-refractivity contribution in [3.8, 4) is 0 Å². The Balaban J connectivity index is 1.49. The Morgan fingerprint density at radius 1 is 0.707 bits per heavy atom. The molecule has 3 aromatic rings. The number of carbonyl (C=O) groups is 7. The molecule has 75 heavy (non-hydrogen) atoms. The van der Waals surface area contributed by atoms with Gasteiger partial charge in [0.25, 0.3) is 0 Å². The zero-order valence-electron chi connectivity index (χ0n) is 42.4. The zero-order chi connectivity index (χ0) is 54.9. The lowest BCUT2D eigenvalue weighted by Crippen LogP contribution is -2.67. The second-order valence-corrected chi connectivity index (χ2v) is 21.2. The molecule has 2 aliphatic heterocycles. The summed E-state index contributed by atoms with van der Waals surface area (Å²) >= 11 is 0. The molecule has 0 spiro atoms. The highest BCUT2D eigenvalue weighted by Crippen LogP contribution is 2.53. The number of phosphoric ester groups is 1. The maximum absolute atomic E-state index is 14.7. The summed E-state index contributed by atoms with van der Waals surface area (Å²) in [5.41, 5.74) is 1.19. The number of benzene rings is 3. The largest absolute Gasteiger partial charge is 0.477 e. The third-order valence-corrected chi connectivity index (χ3v) is 14.5. The molecule has 0 radical (unpaired) electrons. The van der Waals surface area contributed by atoms with Gasteiger partial charge < -0.3 is 48.5 Å². The molecule has 2 aliphatic rings. The van der Waals surface area contributed by atoms with E-state index in [4.69, 9.17) is 51.5 Å². The van der Waals surface area contributed by atoms with Crippen molar-refractivity contribution in [2.45, 2.75) is 134 Å². The molecule has 2 saturated heterocycles. The van der Waals surface area contributed by atoms with E-state index in [0.717, 1.165) is 27.7 Å². The van der Waals surface area contributed by atoms with Crippen molar-refractivity contribution in [1.82, 2.24) is 10.6 Å². The first-order chi connectivity index (χ1) is 35.5. The van der Waals surface area contributed by atoms with Crippen LogP contribution in [0, 0.1) is 5.92 Å². The topological polar surface area (TPSA) is 296 Å². The zero-order valence-corrected chi connectivity index (χ0v) is 44.1. The quantitative estimate of drug-likeness (QED) is 0.0656. The molecular formula is C50H63N2O21PS. The van der Waals surface area contributed by atoms with E-state index in [1.165, 1.54) is 32.9 Å². The van der Waals surface area contributed by atoms with E-state index in [0.29, 0.717) is 11.1 Å². The van der Waals surface area contributed by atoms with Gasteiger partial charge >= 0.3 is 31.7 Å². The lowest BCUT2D eigenvalue weighted by Gasteiger charge is -2.48. The van der Waals surface area contributed by atoms with Gasteiger partial charge in [-0.05, 0) is 44.0 Å². The van der Waals surface area contributed by atoms with E-state index in [1.54, 1.807) is 78.9 Å². The summed E-state index contributed by atoms with van der Waals surface area (Å²) in [6.45, 7) is 5.96. The third kappa shape index (κ3) is 18.7. The molecule has 410 valence electrons. The lowest BCUT2D eigenvalue weighted by molar-refractivity contribution is -0.321. The predicted molar refractivity (Wildman–Crippen MR) is 260 cm³/mol. The van der Waals surface area contributed by atoms with Crippen molar-refractivity contribution < 1.29 is 98.0 Å². The van der Waals surface area contributed by atoms with E-state index in [-0.39, 0.29) is 18.1 Å². The Labute approximate surface area is 434 Å². The van der Waals surface area contributed by atoms with Crippen molar-refractivity contribution in [3.63, 3.8) is 0 Å². The van der Waals surface area contributed by atoms with Gasteiger partial charge in [0.2, 0.25) is 11.8 Å². The van der Waals surface area contributed by atoms with E-state index < -0.39 is 158 Å². The number of phosphoric acid groups is 1. The van der Waals surface area contributed by atoms with Gasteiger partial charge in [-0.15, -0.1) is 0 Å². The van der Waals surface area contributed by atoms with Crippen LogP contribution in [-0.2, 0) is 113 Å². The Hall–Kier alpha value is -5.95. The number of Topliss-reactive ketones (excluding diaryl/α,β-unsaturated/α-hetero) is 1. The Morgan fingerprint density at radius 2 is 1.25 bits per heavy atom. The third-order valence-electron chi connectivity index (χ3n) is 11.4. The van der Waals surface area contributed by atoms with Crippen LogP contribution in [0.4, 0.5) is 0 Å². The maximum atomic E-state index is 14.7. The first-order valence-corrected chi connectivity index (χ1v) is 26.9. The average Bonchev–Trinajstić information content (AvgIpc) is 3.36. The van der Waals surface area contributed by atoms with Gasteiger partial charge in [-0.1, -0.05) is 78.9 Å². The highest BCUT2D eigenvalue weighted by Gasteiger charge is 2.54. The number of esters is 4. The molecule has 23 nitrogen and oxygen atoms in total. The predicted octanol–water partition coefficient (Wildman–Crippen LogP) is 3.83. The van der Waals surface area contributed by atoms with Gasteiger partial charge in [0.1, 0.15) is 68.2 Å². The normalized spacial score (nSPS) is 23.6. The van der Waals surface area contributed by atoms with Crippen LogP contribution in [-0.4, -0.2) is 137 Å². The fourth-order valence-electron chi connectivity index (χ4n) is 7.90. The highest BCUT2D eigenvalue weighted by atomic mass is 32.2. The average molecular weight is 1090 g/mol. The highest BCUT2D eigenvalue weighted by molar-refractivity contribution is 7.91.